The summed E-state index contributed by atoms with van der Waals surface area (Å²) in [6.45, 7) is 4.66. The lowest BCUT2D eigenvalue weighted by atomic mass is 10.1. The Balaban J connectivity index is 1.16. The van der Waals surface area contributed by atoms with Gasteiger partial charge in [-0.25, -0.2) is 0 Å². The summed E-state index contributed by atoms with van der Waals surface area (Å²) in [5.41, 5.74) is 3.66. The van der Waals surface area contributed by atoms with Crippen molar-refractivity contribution in [2.24, 2.45) is 0 Å². The zero-order valence-electron chi connectivity index (χ0n) is 20.1. The lowest BCUT2D eigenvalue weighted by Crippen LogP contribution is -2.49. The van der Waals surface area contributed by atoms with Crippen LogP contribution in [-0.2, 0) is 0 Å². The van der Waals surface area contributed by atoms with Gasteiger partial charge in [-0.3, -0.25) is 14.9 Å². The number of carbonyl (C=O) groups is 2. The van der Waals surface area contributed by atoms with Crippen LogP contribution in [0.2, 0.25) is 5.02 Å². The van der Waals surface area contributed by atoms with Crippen LogP contribution >= 0.6 is 23.8 Å². The molecule has 190 valence electrons. The van der Waals surface area contributed by atoms with E-state index in [1.165, 1.54) is 0 Å². The van der Waals surface area contributed by atoms with Gasteiger partial charge < -0.3 is 24.6 Å². The molecule has 2 amide bonds. The van der Waals surface area contributed by atoms with E-state index in [4.69, 9.17) is 33.3 Å². The van der Waals surface area contributed by atoms with Gasteiger partial charge in [0, 0.05) is 43.0 Å². The molecule has 2 aliphatic heterocycles. The van der Waals surface area contributed by atoms with Crippen LogP contribution in [0.5, 0.6) is 11.5 Å². The van der Waals surface area contributed by atoms with Crippen LogP contribution < -0.4 is 25.0 Å². The Bertz CT molecular complexity index is 1370. The Kier molecular flexibility index (Phi) is 7.16. The van der Waals surface area contributed by atoms with Crippen LogP contribution in [0.1, 0.15) is 26.3 Å². The van der Waals surface area contributed by atoms with Crippen LogP contribution in [0.15, 0.2) is 60.7 Å². The number of carbonyl (C=O) groups excluding carboxylic acids is 2. The van der Waals surface area contributed by atoms with E-state index < -0.39 is 0 Å². The second-order valence-corrected chi connectivity index (χ2v) is 9.55. The van der Waals surface area contributed by atoms with E-state index in [0.717, 1.165) is 16.8 Å². The topological polar surface area (TPSA) is 83.1 Å². The number of nitrogens with zero attached hydrogens (tertiary/aromatic N) is 2. The lowest BCUT2D eigenvalue weighted by Gasteiger charge is -2.36. The van der Waals surface area contributed by atoms with Crippen molar-refractivity contribution in [1.82, 2.24) is 10.2 Å². The number of rotatable bonds is 4. The van der Waals surface area contributed by atoms with Gasteiger partial charge in [-0.05, 0) is 67.2 Å². The highest BCUT2D eigenvalue weighted by molar-refractivity contribution is 7.80. The van der Waals surface area contributed by atoms with E-state index in [9.17, 15) is 9.59 Å². The van der Waals surface area contributed by atoms with Gasteiger partial charge >= 0.3 is 0 Å². The SMILES string of the molecule is Cc1ccccc1C(=O)N1CCN(c2ccc(NC(=S)NC(=O)c3ccc4c(c3)OCO4)cc2Cl)CC1. The summed E-state index contributed by atoms with van der Waals surface area (Å²) in [7, 11) is 0. The van der Waals surface area contributed by atoms with Crippen molar-refractivity contribution in [1.29, 1.82) is 0 Å². The molecule has 0 bridgehead atoms. The molecule has 5 rings (SSSR count). The van der Waals surface area contributed by atoms with Crippen molar-refractivity contribution in [2.75, 3.05) is 43.2 Å². The number of anilines is 2. The second-order valence-electron chi connectivity index (χ2n) is 8.74. The fourth-order valence-corrected chi connectivity index (χ4v) is 4.86. The number of amides is 2. The number of hydrogen-bond acceptors (Lipinski definition) is 6. The van der Waals surface area contributed by atoms with E-state index >= 15 is 0 Å². The first-order chi connectivity index (χ1) is 17.9. The zero-order valence-corrected chi connectivity index (χ0v) is 21.7. The summed E-state index contributed by atoms with van der Waals surface area (Å²) in [6, 6.07) is 18.1. The highest BCUT2D eigenvalue weighted by atomic mass is 35.5. The first kappa shape index (κ1) is 24.9. The molecule has 0 aliphatic carbocycles. The van der Waals surface area contributed by atoms with Crippen molar-refractivity contribution in [3.63, 3.8) is 0 Å². The second kappa shape index (κ2) is 10.7. The molecule has 2 aliphatic rings. The predicted molar refractivity (Wildman–Crippen MR) is 147 cm³/mol. The molecule has 0 aromatic heterocycles. The van der Waals surface area contributed by atoms with Crippen molar-refractivity contribution in [3.8, 4) is 11.5 Å². The van der Waals surface area contributed by atoms with Crippen LogP contribution in [0.4, 0.5) is 11.4 Å². The van der Waals surface area contributed by atoms with Crippen LogP contribution in [0.3, 0.4) is 0 Å². The number of nitrogens with one attached hydrogen (secondary N) is 2. The van der Waals surface area contributed by atoms with Gasteiger partial charge in [-0.1, -0.05) is 29.8 Å². The molecule has 3 aromatic rings. The van der Waals surface area contributed by atoms with E-state index in [1.54, 1.807) is 24.3 Å². The average Bonchev–Trinajstić information content (AvgIpc) is 3.37. The smallest absolute Gasteiger partial charge is 0.257 e. The van der Waals surface area contributed by atoms with Gasteiger partial charge in [0.25, 0.3) is 11.8 Å². The summed E-state index contributed by atoms with van der Waals surface area (Å²) in [6.07, 6.45) is 0. The Morgan fingerprint density at radius 1 is 0.946 bits per heavy atom. The molecule has 0 unspecified atom stereocenters. The van der Waals surface area contributed by atoms with Gasteiger partial charge in [0.2, 0.25) is 6.79 Å². The fourth-order valence-electron chi connectivity index (χ4n) is 4.35. The van der Waals surface area contributed by atoms with Crippen LogP contribution in [0, 0.1) is 6.92 Å². The third-order valence-electron chi connectivity index (χ3n) is 6.35. The maximum atomic E-state index is 12.9. The van der Waals surface area contributed by atoms with E-state index in [2.05, 4.69) is 15.5 Å². The zero-order chi connectivity index (χ0) is 25.9. The van der Waals surface area contributed by atoms with Gasteiger partial charge in [0.05, 0.1) is 10.7 Å². The molecule has 1 saturated heterocycles. The standard InChI is InChI=1S/C27H25ClN4O4S/c1-17-4-2-3-5-20(17)26(34)32-12-10-31(11-13-32)22-8-7-19(15-21(22)28)29-27(37)30-25(33)18-6-9-23-24(14-18)36-16-35-23/h2-9,14-15H,10-13,16H2,1H3,(H2,29,30,33,37). The van der Waals surface area contributed by atoms with Crippen molar-refractivity contribution in [2.45, 2.75) is 6.92 Å². The molecule has 3 aromatic carbocycles. The first-order valence-corrected chi connectivity index (χ1v) is 12.6. The molecular formula is C27H25ClN4O4S. The summed E-state index contributed by atoms with van der Waals surface area (Å²) in [5.74, 6) is 0.817. The van der Waals surface area contributed by atoms with Crippen molar-refractivity contribution < 1.29 is 19.1 Å². The first-order valence-electron chi connectivity index (χ1n) is 11.8. The number of benzene rings is 3. The predicted octanol–water partition coefficient (Wildman–Crippen LogP) is 4.47. The number of thiocarbonyl (C=S) groups is 1. The molecule has 1 fully saturated rings. The molecule has 10 heteroatoms. The number of aryl methyl sites for hydroxylation is 1. The quantitative estimate of drug-likeness (QED) is 0.476. The van der Waals surface area contributed by atoms with Gasteiger partial charge in [-0.15, -0.1) is 0 Å². The average molecular weight is 537 g/mol. The molecule has 0 spiro atoms. The maximum Gasteiger partial charge on any atom is 0.257 e. The van der Waals surface area contributed by atoms with Crippen molar-refractivity contribution >= 4 is 52.1 Å². The Labute approximate surface area is 225 Å². The minimum absolute atomic E-state index is 0.0553. The highest BCUT2D eigenvalue weighted by Gasteiger charge is 2.24. The molecule has 37 heavy (non-hydrogen) atoms. The van der Waals surface area contributed by atoms with E-state index in [1.807, 2.05) is 48.2 Å². The van der Waals surface area contributed by atoms with E-state index in [0.29, 0.717) is 54.0 Å². The van der Waals surface area contributed by atoms with Gasteiger partial charge in [-0.2, -0.15) is 0 Å². The number of halogens is 1. The number of ether oxygens (including phenoxy) is 2. The Morgan fingerprint density at radius 2 is 1.70 bits per heavy atom. The summed E-state index contributed by atoms with van der Waals surface area (Å²) >= 11 is 11.9. The fraction of sp³-hybridized carbons (Fsp3) is 0.222. The van der Waals surface area contributed by atoms with Crippen molar-refractivity contribution in [3.05, 3.63) is 82.4 Å². The molecule has 0 radical (unpaired) electrons. The van der Waals surface area contributed by atoms with Gasteiger partial charge in [0.1, 0.15) is 0 Å². The van der Waals surface area contributed by atoms with Gasteiger partial charge in [0.15, 0.2) is 16.6 Å². The summed E-state index contributed by atoms with van der Waals surface area (Å²) in [4.78, 5) is 29.5. The summed E-state index contributed by atoms with van der Waals surface area (Å²) < 4.78 is 10.6. The molecule has 2 N–H and O–H groups in total. The monoisotopic (exact) mass is 536 g/mol. The third-order valence-corrected chi connectivity index (χ3v) is 6.86. The molecule has 2 heterocycles. The minimum atomic E-state index is -0.364. The Hall–Kier alpha value is -3.82. The normalized spacial score (nSPS) is 14.3. The number of fused-ring (bicyclic) bond motifs is 1. The van der Waals surface area contributed by atoms with E-state index in [-0.39, 0.29) is 23.7 Å². The summed E-state index contributed by atoms with van der Waals surface area (Å²) in [5, 5.41) is 6.36. The molecular weight excluding hydrogens is 512 g/mol. The highest BCUT2D eigenvalue weighted by Crippen LogP contribution is 2.33. The lowest BCUT2D eigenvalue weighted by molar-refractivity contribution is 0.0746. The maximum absolute atomic E-state index is 12.9. The van der Waals surface area contributed by atoms with Crippen LogP contribution in [0.25, 0.3) is 0 Å². The largest absolute Gasteiger partial charge is 0.454 e. The third kappa shape index (κ3) is 5.47. The molecule has 0 atom stereocenters. The number of piperazine rings is 1. The number of hydrogen-bond donors (Lipinski definition) is 2. The molecule has 0 saturated carbocycles. The Morgan fingerprint density at radius 3 is 2.46 bits per heavy atom. The molecule has 8 nitrogen and oxygen atoms in total. The van der Waals surface area contributed by atoms with Crippen LogP contribution in [-0.4, -0.2) is 54.8 Å². The minimum Gasteiger partial charge on any atom is -0.454 e.